The van der Waals surface area contributed by atoms with Gasteiger partial charge in [-0.3, -0.25) is 4.79 Å². The van der Waals surface area contributed by atoms with Gasteiger partial charge in [0.25, 0.3) is 5.91 Å². The lowest BCUT2D eigenvalue weighted by Crippen LogP contribution is -2.41. The van der Waals surface area contributed by atoms with Crippen LogP contribution in [0.15, 0.2) is 48.5 Å². The van der Waals surface area contributed by atoms with Crippen molar-refractivity contribution in [2.24, 2.45) is 0 Å². The van der Waals surface area contributed by atoms with Gasteiger partial charge in [-0.15, -0.1) is 12.3 Å². The van der Waals surface area contributed by atoms with Gasteiger partial charge in [0.15, 0.2) is 0 Å². The fourth-order valence-electron chi connectivity index (χ4n) is 3.11. The molecule has 1 aromatic heterocycles. The molecule has 2 aromatic carbocycles. The maximum Gasteiger partial charge on any atom is 0.328 e. The Bertz CT molecular complexity index is 983. The molecule has 5 nitrogen and oxygen atoms in total. The molecule has 0 saturated heterocycles. The van der Waals surface area contributed by atoms with Gasteiger partial charge in [-0.05, 0) is 25.0 Å². The van der Waals surface area contributed by atoms with E-state index in [9.17, 15) is 9.59 Å². The summed E-state index contributed by atoms with van der Waals surface area (Å²) in [6, 6.07) is 14.2. The largest absolute Gasteiger partial charge is 0.467 e. The molecule has 0 bridgehead atoms. The Hall–Kier alpha value is -3.39. The van der Waals surface area contributed by atoms with Gasteiger partial charge >= 0.3 is 5.97 Å². The summed E-state index contributed by atoms with van der Waals surface area (Å²) >= 11 is 0. The van der Waals surface area contributed by atoms with E-state index in [1.54, 1.807) is 0 Å². The number of amides is 1. The summed E-state index contributed by atoms with van der Waals surface area (Å²) in [5.74, 6) is 1.72. The van der Waals surface area contributed by atoms with Gasteiger partial charge < -0.3 is 10.1 Å². The minimum Gasteiger partial charge on any atom is -0.467 e. The van der Waals surface area contributed by atoms with Crippen LogP contribution in [0.4, 0.5) is 0 Å². The predicted molar refractivity (Wildman–Crippen MR) is 105 cm³/mol. The Balaban J connectivity index is 2.02. The molecule has 0 fully saturated rings. The lowest BCUT2D eigenvalue weighted by Gasteiger charge is -2.17. The maximum atomic E-state index is 13.1. The standard InChI is InChI=1S/C22H20N2O3/c1-3-4-5-14-19(22(26)27-2)24-21(25)20-15-10-6-8-12-17(15)23-18-13-9-7-11-16(18)20/h1,6-13,19H,4-5,14H2,2H3,(H,24,25)/t19-/m0/s1. The first-order valence-electron chi connectivity index (χ1n) is 8.75. The highest BCUT2D eigenvalue weighted by Crippen LogP contribution is 2.26. The third-order valence-corrected chi connectivity index (χ3v) is 4.42. The minimum atomic E-state index is -0.749. The van der Waals surface area contributed by atoms with Crippen molar-refractivity contribution in [3.8, 4) is 12.3 Å². The Morgan fingerprint density at radius 2 is 1.70 bits per heavy atom. The molecule has 27 heavy (non-hydrogen) atoms. The number of nitrogens with zero attached hydrogens (tertiary/aromatic N) is 1. The molecule has 3 aromatic rings. The Morgan fingerprint density at radius 3 is 2.26 bits per heavy atom. The molecule has 1 atom stereocenters. The van der Waals surface area contributed by atoms with Gasteiger partial charge in [0.05, 0.1) is 23.7 Å². The number of carbonyl (C=O) groups is 2. The van der Waals surface area contributed by atoms with Crippen LogP contribution in [0.3, 0.4) is 0 Å². The quantitative estimate of drug-likeness (QED) is 0.316. The molecule has 0 saturated carbocycles. The lowest BCUT2D eigenvalue weighted by molar-refractivity contribution is -0.143. The number of pyridine rings is 1. The number of nitrogens with one attached hydrogen (secondary N) is 1. The number of hydrogen-bond acceptors (Lipinski definition) is 4. The first-order valence-corrected chi connectivity index (χ1v) is 8.75. The van der Waals surface area contributed by atoms with Crippen LogP contribution in [0.2, 0.25) is 0 Å². The van der Waals surface area contributed by atoms with Crippen molar-refractivity contribution >= 4 is 33.7 Å². The van der Waals surface area contributed by atoms with E-state index in [0.717, 1.165) is 21.8 Å². The summed E-state index contributed by atoms with van der Waals surface area (Å²) in [4.78, 5) is 29.9. The number of benzene rings is 2. The normalized spacial score (nSPS) is 11.7. The third-order valence-electron chi connectivity index (χ3n) is 4.42. The van der Waals surface area contributed by atoms with E-state index in [-0.39, 0.29) is 5.91 Å². The second-order valence-electron chi connectivity index (χ2n) is 6.17. The predicted octanol–water partition coefficient (Wildman–Crippen LogP) is 3.46. The molecule has 0 radical (unpaired) electrons. The van der Waals surface area contributed by atoms with Gasteiger partial charge in [-0.25, -0.2) is 9.78 Å². The van der Waals surface area contributed by atoms with E-state index in [0.29, 0.717) is 24.8 Å². The van der Waals surface area contributed by atoms with Gasteiger partial charge in [-0.2, -0.15) is 0 Å². The molecular weight excluding hydrogens is 340 g/mol. The van der Waals surface area contributed by atoms with Crippen LogP contribution in [0.25, 0.3) is 21.8 Å². The molecule has 0 unspecified atom stereocenters. The summed E-state index contributed by atoms with van der Waals surface area (Å²) < 4.78 is 4.84. The molecule has 0 aliphatic carbocycles. The fourth-order valence-corrected chi connectivity index (χ4v) is 3.11. The number of esters is 1. The Labute approximate surface area is 157 Å². The molecular formula is C22H20N2O3. The lowest BCUT2D eigenvalue weighted by atomic mass is 10.0. The number of methoxy groups -OCH3 is 1. The zero-order valence-corrected chi connectivity index (χ0v) is 15.1. The monoisotopic (exact) mass is 360 g/mol. The highest BCUT2D eigenvalue weighted by atomic mass is 16.5. The van der Waals surface area contributed by atoms with Crippen LogP contribution in [0.5, 0.6) is 0 Å². The van der Waals surface area contributed by atoms with Crippen LogP contribution >= 0.6 is 0 Å². The molecule has 1 amide bonds. The summed E-state index contributed by atoms with van der Waals surface area (Å²) in [7, 11) is 1.31. The first-order chi connectivity index (χ1) is 13.2. The van der Waals surface area contributed by atoms with Crippen LogP contribution in [-0.2, 0) is 9.53 Å². The minimum absolute atomic E-state index is 0.332. The molecule has 3 rings (SSSR count). The first kappa shape index (κ1) is 18.4. The van der Waals surface area contributed by atoms with Crippen molar-refractivity contribution < 1.29 is 14.3 Å². The summed E-state index contributed by atoms with van der Waals surface area (Å²) in [5, 5.41) is 4.29. The van der Waals surface area contributed by atoms with Crippen LogP contribution in [-0.4, -0.2) is 30.0 Å². The number of ether oxygens (including phenoxy) is 1. The van der Waals surface area contributed by atoms with Crippen LogP contribution < -0.4 is 5.32 Å². The van der Waals surface area contributed by atoms with Crippen molar-refractivity contribution in [3.63, 3.8) is 0 Å². The number of aromatic nitrogens is 1. The molecule has 5 heteroatoms. The zero-order valence-electron chi connectivity index (χ0n) is 15.1. The van der Waals surface area contributed by atoms with Crippen molar-refractivity contribution in [1.29, 1.82) is 0 Å². The smallest absolute Gasteiger partial charge is 0.328 e. The van der Waals surface area contributed by atoms with E-state index in [1.165, 1.54) is 7.11 Å². The van der Waals surface area contributed by atoms with Crippen molar-refractivity contribution in [1.82, 2.24) is 10.3 Å². The second-order valence-corrected chi connectivity index (χ2v) is 6.17. The molecule has 0 spiro atoms. The van der Waals surface area contributed by atoms with Crippen LogP contribution in [0, 0.1) is 12.3 Å². The number of terminal acetylenes is 1. The zero-order chi connectivity index (χ0) is 19.2. The number of fused-ring (bicyclic) bond motifs is 2. The van der Waals surface area contributed by atoms with Gasteiger partial charge in [-0.1, -0.05) is 36.4 Å². The SMILES string of the molecule is C#CCCC[C@H](NC(=O)c1c2ccccc2nc2ccccc12)C(=O)OC. The fraction of sp³-hybridized carbons (Fsp3) is 0.227. The summed E-state index contributed by atoms with van der Waals surface area (Å²) in [6.45, 7) is 0. The van der Waals surface area contributed by atoms with E-state index in [2.05, 4.69) is 16.2 Å². The average molecular weight is 360 g/mol. The van der Waals surface area contributed by atoms with Gasteiger partial charge in [0, 0.05) is 17.2 Å². The third kappa shape index (κ3) is 3.90. The molecule has 1 heterocycles. The van der Waals surface area contributed by atoms with E-state index in [1.807, 2.05) is 48.5 Å². The highest BCUT2D eigenvalue weighted by molar-refractivity contribution is 6.16. The Morgan fingerprint density at radius 1 is 1.11 bits per heavy atom. The van der Waals surface area contributed by atoms with Crippen molar-refractivity contribution in [2.45, 2.75) is 25.3 Å². The van der Waals surface area contributed by atoms with Crippen LogP contribution in [0.1, 0.15) is 29.6 Å². The molecule has 1 N–H and O–H groups in total. The second kappa shape index (κ2) is 8.33. The summed E-state index contributed by atoms with van der Waals surface area (Å²) in [5.41, 5.74) is 1.95. The van der Waals surface area contributed by atoms with E-state index >= 15 is 0 Å². The highest BCUT2D eigenvalue weighted by Gasteiger charge is 2.24. The Kier molecular flexibility index (Phi) is 5.68. The molecule has 136 valence electrons. The molecule has 0 aliphatic heterocycles. The number of rotatable bonds is 6. The van der Waals surface area contributed by atoms with Crippen molar-refractivity contribution in [3.05, 3.63) is 54.1 Å². The number of carbonyl (C=O) groups excluding carboxylic acids is 2. The van der Waals surface area contributed by atoms with Gasteiger partial charge in [0.1, 0.15) is 6.04 Å². The summed E-state index contributed by atoms with van der Waals surface area (Å²) in [6.07, 6.45) is 6.85. The number of hydrogen-bond donors (Lipinski definition) is 1. The van der Waals surface area contributed by atoms with E-state index < -0.39 is 12.0 Å². The number of para-hydroxylation sites is 2. The molecule has 0 aliphatic rings. The van der Waals surface area contributed by atoms with Crippen molar-refractivity contribution in [2.75, 3.05) is 7.11 Å². The number of unbranched alkanes of at least 4 members (excludes halogenated alkanes) is 1. The van der Waals surface area contributed by atoms with E-state index in [4.69, 9.17) is 11.2 Å². The van der Waals surface area contributed by atoms with Gasteiger partial charge in [0.2, 0.25) is 0 Å². The maximum absolute atomic E-state index is 13.1. The topological polar surface area (TPSA) is 68.3 Å². The average Bonchev–Trinajstić information content (AvgIpc) is 2.70.